The van der Waals surface area contributed by atoms with E-state index >= 15 is 0 Å². The molecule has 2 N–H and O–H groups in total. The van der Waals surface area contributed by atoms with Crippen LogP contribution in [-0.2, 0) is 12.8 Å². The van der Waals surface area contributed by atoms with Gasteiger partial charge in [-0.05, 0) is 36.2 Å². The molecule has 4 nitrogen and oxygen atoms in total. The van der Waals surface area contributed by atoms with E-state index in [1.807, 2.05) is 36.7 Å². The van der Waals surface area contributed by atoms with Crippen molar-refractivity contribution >= 4 is 11.2 Å². The van der Waals surface area contributed by atoms with Crippen molar-refractivity contribution in [2.75, 3.05) is 12.8 Å². The van der Waals surface area contributed by atoms with Gasteiger partial charge in [0.1, 0.15) is 11.6 Å². The molecule has 0 aliphatic heterocycles. The first kappa shape index (κ1) is 12.5. The maximum Gasteiger partial charge on any atom is 0.119 e. The molecule has 2 heterocycles. The molecule has 0 unspecified atom stereocenters. The van der Waals surface area contributed by atoms with Crippen molar-refractivity contribution in [3.8, 4) is 5.75 Å². The van der Waals surface area contributed by atoms with Crippen molar-refractivity contribution in [3.63, 3.8) is 0 Å². The summed E-state index contributed by atoms with van der Waals surface area (Å²) in [5, 5.41) is 0. The molecule has 4 heteroatoms. The van der Waals surface area contributed by atoms with E-state index in [4.69, 9.17) is 10.5 Å². The number of imidazole rings is 1. The summed E-state index contributed by atoms with van der Waals surface area (Å²) < 4.78 is 7.29. The fraction of sp³-hybridized carbons (Fsp3) is 0.188. The Hall–Kier alpha value is -2.49. The highest BCUT2D eigenvalue weighted by Gasteiger charge is 2.05. The van der Waals surface area contributed by atoms with Gasteiger partial charge in [-0.25, -0.2) is 4.98 Å². The summed E-state index contributed by atoms with van der Waals surface area (Å²) in [5.41, 5.74) is 8.89. The molecule has 0 saturated carbocycles. The molecule has 0 aliphatic rings. The molecule has 0 fully saturated rings. The van der Waals surface area contributed by atoms with Crippen LogP contribution in [0.25, 0.3) is 5.52 Å². The third-order valence-electron chi connectivity index (χ3n) is 3.40. The number of nitrogen functional groups attached to an aromatic ring is 1. The molecule has 0 saturated heterocycles. The van der Waals surface area contributed by atoms with Crippen molar-refractivity contribution < 1.29 is 4.74 Å². The van der Waals surface area contributed by atoms with Crippen LogP contribution in [0.2, 0.25) is 0 Å². The molecular weight excluding hydrogens is 250 g/mol. The van der Waals surface area contributed by atoms with Gasteiger partial charge in [-0.1, -0.05) is 12.1 Å². The molecule has 1 aromatic carbocycles. The summed E-state index contributed by atoms with van der Waals surface area (Å²) >= 11 is 0. The lowest BCUT2D eigenvalue weighted by atomic mass is 10.1. The number of rotatable bonds is 4. The predicted molar refractivity (Wildman–Crippen MR) is 80.0 cm³/mol. The van der Waals surface area contributed by atoms with E-state index in [0.717, 1.165) is 35.6 Å². The van der Waals surface area contributed by atoms with Gasteiger partial charge in [0.25, 0.3) is 0 Å². The van der Waals surface area contributed by atoms with Gasteiger partial charge in [0.05, 0.1) is 18.8 Å². The summed E-state index contributed by atoms with van der Waals surface area (Å²) in [6, 6.07) is 12.0. The van der Waals surface area contributed by atoms with Crippen LogP contribution in [0.15, 0.2) is 48.8 Å². The summed E-state index contributed by atoms with van der Waals surface area (Å²) in [7, 11) is 1.68. The zero-order valence-electron chi connectivity index (χ0n) is 11.4. The van der Waals surface area contributed by atoms with Gasteiger partial charge in [-0.15, -0.1) is 0 Å². The van der Waals surface area contributed by atoms with Crippen molar-refractivity contribution in [1.29, 1.82) is 0 Å². The minimum atomic E-state index is 0.748. The number of aromatic nitrogens is 2. The Balaban J connectivity index is 1.81. The molecule has 20 heavy (non-hydrogen) atoms. The largest absolute Gasteiger partial charge is 0.497 e. The van der Waals surface area contributed by atoms with Crippen molar-refractivity contribution in [1.82, 2.24) is 9.38 Å². The Labute approximate surface area is 117 Å². The van der Waals surface area contributed by atoms with Crippen LogP contribution in [0.5, 0.6) is 5.75 Å². The molecule has 0 atom stereocenters. The van der Waals surface area contributed by atoms with E-state index in [9.17, 15) is 0 Å². The Morgan fingerprint density at radius 1 is 1.20 bits per heavy atom. The van der Waals surface area contributed by atoms with Crippen molar-refractivity contribution in [3.05, 3.63) is 60.2 Å². The molecule has 0 aliphatic carbocycles. The van der Waals surface area contributed by atoms with Gasteiger partial charge in [0.2, 0.25) is 0 Å². The number of hydrogen-bond acceptors (Lipinski definition) is 3. The average Bonchev–Trinajstić information content (AvgIpc) is 2.87. The second-order valence-corrected chi connectivity index (χ2v) is 4.78. The van der Waals surface area contributed by atoms with E-state index in [-0.39, 0.29) is 0 Å². The van der Waals surface area contributed by atoms with Gasteiger partial charge >= 0.3 is 0 Å². The second-order valence-electron chi connectivity index (χ2n) is 4.78. The fourth-order valence-corrected chi connectivity index (χ4v) is 2.33. The highest BCUT2D eigenvalue weighted by atomic mass is 16.5. The van der Waals surface area contributed by atoms with Gasteiger partial charge in [0, 0.05) is 18.3 Å². The number of nitrogens with zero attached hydrogens (tertiary/aromatic N) is 2. The quantitative estimate of drug-likeness (QED) is 0.790. The molecular formula is C16H17N3O. The van der Waals surface area contributed by atoms with Gasteiger partial charge in [-0.2, -0.15) is 0 Å². The maximum absolute atomic E-state index is 5.83. The molecule has 102 valence electrons. The molecule has 0 radical (unpaired) electrons. The van der Waals surface area contributed by atoms with Crippen LogP contribution in [0.1, 0.15) is 11.4 Å². The van der Waals surface area contributed by atoms with E-state index in [1.54, 1.807) is 7.11 Å². The van der Waals surface area contributed by atoms with E-state index < -0.39 is 0 Å². The van der Waals surface area contributed by atoms with Crippen LogP contribution in [-0.4, -0.2) is 16.5 Å². The SMILES string of the molecule is COc1cccc(CCc2ncc3ccc(N)cn23)c1. The van der Waals surface area contributed by atoms with Crippen LogP contribution in [0.3, 0.4) is 0 Å². The number of anilines is 1. The Morgan fingerprint density at radius 2 is 2.10 bits per heavy atom. The molecule has 0 spiro atoms. The normalized spacial score (nSPS) is 10.8. The number of methoxy groups -OCH3 is 1. The average molecular weight is 267 g/mol. The highest BCUT2D eigenvalue weighted by molar-refractivity contribution is 5.52. The summed E-state index contributed by atoms with van der Waals surface area (Å²) in [5.74, 6) is 1.91. The van der Waals surface area contributed by atoms with Crippen LogP contribution in [0.4, 0.5) is 5.69 Å². The Bertz CT molecular complexity index is 733. The van der Waals surface area contributed by atoms with E-state index in [0.29, 0.717) is 0 Å². The van der Waals surface area contributed by atoms with Gasteiger partial charge < -0.3 is 14.9 Å². The van der Waals surface area contributed by atoms with E-state index in [1.165, 1.54) is 5.56 Å². The molecule has 0 amide bonds. The minimum absolute atomic E-state index is 0.748. The lowest BCUT2D eigenvalue weighted by Gasteiger charge is -2.05. The first-order chi connectivity index (χ1) is 9.76. The van der Waals surface area contributed by atoms with Crippen LogP contribution < -0.4 is 10.5 Å². The van der Waals surface area contributed by atoms with Gasteiger partial charge in [-0.3, -0.25) is 0 Å². The summed E-state index contributed by atoms with van der Waals surface area (Å²) in [4.78, 5) is 4.47. The van der Waals surface area contributed by atoms with E-state index in [2.05, 4.69) is 21.5 Å². The third kappa shape index (κ3) is 2.45. The number of nitrogens with two attached hydrogens (primary N) is 1. The maximum atomic E-state index is 5.83. The molecule has 2 aromatic heterocycles. The zero-order valence-corrected chi connectivity index (χ0v) is 11.4. The Morgan fingerprint density at radius 3 is 2.95 bits per heavy atom. The number of hydrogen-bond donors (Lipinski definition) is 1. The number of ether oxygens (including phenoxy) is 1. The standard InChI is InChI=1S/C16H17N3O/c1-20-15-4-2-3-12(9-15)5-8-16-18-10-14-7-6-13(17)11-19(14)16/h2-4,6-7,9-11H,5,8,17H2,1H3. The zero-order chi connectivity index (χ0) is 13.9. The second kappa shape index (κ2) is 5.25. The topological polar surface area (TPSA) is 52.5 Å². The van der Waals surface area contributed by atoms with Crippen LogP contribution in [0, 0.1) is 0 Å². The number of pyridine rings is 1. The first-order valence-corrected chi connectivity index (χ1v) is 6.60. The Kier molecular flexibility index (Phi) is 3.29. The van der Waals surface area contributed by atoms with Crippen molar-refractivity contribution in [2.24, 2.45) is 0 Å². The minimum Gasteiger partial charge on any atom is -0.497 e. The smallest absolute Gasteiger partial charge is 0.119 e. The lowest BCUT2D eigenvalue weighted by molar-refractivity contribution is 0.414. The number of aryl methyl sites for hydroxylation is 2. The third-order valence-corrected chi connectivity index (χ3v) is 3.40. The highest BCUT2D eigenvalue weighted by Crippen LogP contribution is 2.16. The van der Waals surface area contributed by atoms with Crippen molar-refractivity contribution in [2.45, 2.75) is 12.8 Å². The molecule has 0 bridgehead atoms. The molecule has 3 rings (SSSR count). The summed E-state index contributed by atoms with van der Waals surface area (Å²) in [6.45, 7) is 0. The number of benzene rings is 1. The monoisotopic (exact) mass is 267 g/mol. The van der Waals surface area contributed by atoms with Crippen LogP contribution >= 0.6 is 0 Å². The molecule has 3 aromatic rings. The number of fused-ring (bicyclic) bond motifs is 1. The predicted octanol–water partition coefficient (Wildman–Crippen LogP) is 2.71. The lowest BCUT2D eigenvalue weighted by Crippen LogP contribution is -1.99. The van der Waals surface area contributed by atoms with Gasteiger partial charge in [0.15, 0.2) is 0 Å². The summed E-state index contributed by atoms with van der Waals surface area (Å²) in [6.07, 6.45) is 5.58. The first-order valence-electron chi connectivity index (χ1n) is 6.60. The fourth-order valence-electron chi connectivity index (χ4n) is 2.33.